The first-order valence-corrected chi connectivity index (χ1v) is 14.2. The first-order valence-electron chi connectivity index (χ1n) is 13.3. The summed E-state index contributed by atoms with van der Waals surface area (Å²) in [5, 5.41) is 12.9. The van der Waals surface area contributed by atoms with Gasteiger partial charge < -0.3 is 20.1 Å². The summed E-state index contributed by atoms with van der Waals surface area (Å²) in [4.78, 5) is 29.4. The highest BCUT2D eigenvalue weighted by Gasteiger charge is 2.09. The van der Waals surface area contributed by atoms with Crippen molar-refractivity contribution in [1.29, 1.82) is 0 Å². The topological polar surface area (TPSA) is 114 Å². The molecule has 0 fully saturated rings. The van der Waals surface area contributed by atoms with E-state index >= 15 is 0 Å². The maximum atomic E-state index is 12.6. The SMILES string of the molecule is COc1ccc(NC(=O)COc2ccc(/C=N/NC(=O)c3ccc(-c4csc(Nc5ccc(C)cc5)n4)cc3)cc2)cc1. The number of ether oxygens (including phenoxy) is 2. The fourth-order valence-corrected chi connectivity index (χ4v) is 4.66. The van der Waals surface area contributed by atoms with Gasteiger partial charge in [0.2, 0.25) is 0 Å². The molecular weight excluding hydrogens is 562 g/mol. The van der Waals surface area contributed by atoms with E-state index in [9.17, 15) is 9.59 Å². The second kappa shape index (κ2) is 13.9. The van der Waals surface area contributed by atoms with Gasteiger partial charge in [-0.05, 0) is 85.3 Å². The molecular formula is C33H29N5O4S. The van der Waals surface area contributed by atoms with E-state index in [0.29, 0.717) is 22.7 Å². The fourth-order valence-electron chi connectivity index (χ4n) is 3.92. The van der Waals surface area contributed by atoms with Crippen LogP contribution in [0.15, 0.2) is 108 Å². The number of carbonyl (C=O) groups excluding carboxylic acids is 2. The van der Waals surface area contributed by atoms with E-state index in [1.54, 1.807) is 67.8 Å². The van der Waals surface area contributed by atoms with Crippen LogP contribution in [0.3, 0.4) is 0 Å². The second-order valence-electron chi connectivity index (χ2n) is 9.44. The molecule has 5 rings (SSSR count). The molecule has 1 heterocycles. The number of carbonyl (C=O) groups is 2. The van der Waals surface area contributed by atoms with Gasteiger partial charge in [0.15, 0.2) is 11.7 Å². The van der Waals surface area contributed by atoms with Crippen LogP contribution in [0.25, 0.3) is 11.3 Å². The average molecular weight is 592 g/mol. The molecule has 0 saturated carbocycles. The Kier molecular flexibility index (Phi) is 9.40. The molecule has 9 nitrogen and oxygen atoms in total. The van der Waals surface area contributed by atoms with Crippen LogP contribution in [0.5, 0.6) is 11.5 Å². The summed E-state index contributed by atoms with van der Waals surface area (Å²) in [5.74, 6) is 0.633. The molecule has 10 heteroatoms. The Morgan fingerprint density at radius 2 is 1.53 bits per heavy atom. The Morgan fingerprint density at radius 1 is 0.860 bits per heavy atom. The molecule has 0 spiro atoms. The number of amides is 2. The van der Waals surface area contributed by atoms with Crippen molar-refractivity contribution in [3.05, 3.63) is 119 Å². The molecule has 1 aromatic heterocycles. The third kappa shape index (κ3) is 8.27. The normalized spacial score (nSPS) is 10.7. The summed E-state index contributed by atoms with van der Waals surface area (Å²) < 4.78 is 10.7. The lowest BCUT2D eigenvalue weighted by atomic mass is 10.1. The highest BCUT2D eigenvalue weighted by atomic mass is 32.1. The van der Waals surface area contributed by atoms with Crippen molar-refractivity contribution >= 4 is 45.9 Å². The number of nitrogens with one attached hydrogen (secondary N) is 3. The van der Waals surface area contributed by atoms with E-state index in [1.807, 2.05) is 48.7 Å². The molecule has 43 heavy (non-hydrogen) atoms. The molecule has 0 aliphatic heterocycles. The summed E-state index contributed by atoms with van der Waals surface area (Å²) in [6.07, 6.45) is 1.53. The lowest BCUT2D eigenvalue weighted by Crippen LogP contribution is -2.20. The van der Waals surface area contributed by atoms with Crippen molar-refractivity contribution in [3.63, 3.8) is 0 Å². The van der Waals surface area contributed by atoms with Crippen molar-refractivity contribution in [3.8, 4) is 22.8 Å². The van der Waals surface area contributed by atoms with Crippen LogP contribution < -0.4 is 25.5 Å². The molecule has 0 radical (unpaired) electrons. The number of thiazole rings is 1. The lowest BCUT2D eigenvalue weighted by molar-refractivity contribution is -0.118. The van der Waals surface area contributed by atoms with Gasteiger partial charge in [-0.2, -0.15) is 5.10 Å². The fraction of sp³-hybridized carbons (Fsp3) is 0.0909. The maximum Gasteiger partial charge on any atom is 0.271 e. The van der Waals surface area contributed by atoms with E-state index in [2.05, 4.69) is 26.1 Å². The Labute approximate surface area is 253 Å². The number of aromatic nitrogens is 1. The molecule has 3 N–H and O–H groups in total. The predicted octanol–water partition coefficient (Wildman–Crippen LogP) is 6.65. The molecule has 4 aromatic carbocycles. The second-order valence-corrected chi connectivity index (χ2v) is 10.3. The zero-order chi connectivity index (χ0) is 30.0. The minimum atomic E-state index is -0.328. The Hall–Kier alpha value is -5.48. The van der Waals surface area contributed by atoms with Crippen LogP contribution in [0.4, 0.5) is 16.5 Å². The lowest BCUT2D eigenvalue weighted by Gasteiger charge is -2.08. The van der Waals surface area contributed by atoms with Crippen LogP contribution >= 0.6 is 11.3 Å². The van der Waals surface area contributed by atoms with Crippen molar-refractivity contribution in [2.45, 2.75) is 6.92 Å². The number of benzene rings is 4. The quantitative estimate of drug-likeness (QED) is 0.117. The van der Waals surface area contributed by atoms with Crippen LogP contribution in [0, 0.1) is 6.92 Å². The summed E-state index contributed by atoms with van der Waals surface area (Å²) in [6, 6.07) is 29.4. The number of anilines is 3. The first-order chi connectivity index (χ1) is 20.9. The van der Waals surface area contributed by atoms with E-state index in [0.717, 1.165) is 27.6 Å². The summed E-state index contributed by atoms with van der Waals surface area (Å²) in [6.45, 7) is 1.91. The molecule has 2 amide bonds. The number of methoxy groups -OCH3 is 1. The largest absolute Gasteiger partial charge is 0.497 e. The van der Waals surface area contributed by atoms with Crippen LogP contribution in [-0.2, 0) is 4.79 Å². The van der Waals surface area contributed by atoms with Gasteiger partial charge in [-0.25, -0.2) is 10.4 Å². The third-order valence-corrected chi connectivity index (χ3v) is 7.01. The van der Waals surface area contributed by atoms with Crippen LogP contribution in [0.1, 0.15) is 21.5 Å². The monoisotopic (exact) mass is 591 g/mol. The van der Waals surface area contributed by atoms with Gasteiger partial charge >= 0.3 is 0 Å². The first kappa shape index (κ1) is 29.0. The van der Waals surface area contributed by atoms with Gasteiger partial charge in [-0.15, -0.1) is 11.3 Å². The van der Waals surface area contributed by atoms with Gasteiger partial charge in [0.1, 0.15) is 11.5 Å². The third-order valence-electron chi connectivity index (χ3n) is 6.25. The maximum absolute atomic E-state index is 12.6. The van der Waals surface area contributed by atoms with Crippen molar-refractivity contribution < 1.29 is 19.1 Å². The van der Waals surface area contributed by atoms with Crippen LogP contribution in [-0.4, -0.2) is 36.7 Å². The molecule has 0 aliphatic rings. The van der Waals surface area contributed by atoms with Crippen molar-refractivity contribution in [2.75, 3.05) is 24.4 Å². The Morgan fingerprint density at radius 3 is 2.23 bits per heavy atom. The minimum absolute atomic E-state index is 0.137. The number of hydrazone groups is 1. The zero-order valence-electron chi connectivity index (χ0n) is 23.5. The predicted molar refractivity (Wildman–Crippen MR) is 171 cm³/mol. The number of nitrogens with zero attached hydrogens (tertiary/aromatic N) is 2. The molecule has 0 saturated heterocycles. The van der Waals surface area contributed by atoms with E-state index < -0.39 is 0 Å². The average Bonchev–Trinajstić information content (AvgIpc) is 3.50. The van der Waals surface area contributed by atoms with Crippen molar-refractivity contribution in [2.24, 2.45) is 5.10 Å². The molecule has 0 unspecified atom stereocenters. The number of aryl methyl sites for hydroxylation is 1. The molecule has 0 aliphatic carbocycles. The summed E-state index contributed by atoms with van der Waals surface area (Å²) in [7, 11) is 1.58. The van der Waals surface area contributed by atoms with Crippen molar-refractivity contribution in [1.82, 2.24) is 10.4 Å². The molecule has 0 bridgehead atoms. The van der Waals surface area contributed by atoms with Gasteiger partial charge in [-0.3, -0.25) is 9.59 Å². The summed E-state index contributed by atoms with van der Waals surface area (Å²) in [5.41, 5.74) is 8.35. The number of hydrogen-bond acceptors (Lipinski definition) is 8. The number of rotatable bonds is 11. The van der Waals surface area contributed by atoms with Gasteiger partial charge in [-0.1, -0.05) is 29.8 Å². The highest BCUT2D eigenvalue weighted by molar-refractivity contribution is 7.14. The standard InChI is InChI=1S/C33H29N5O4S/c1-22-3-11-27(12-4-22)36-33-37-30(21-43-33)24-7-9-25(10-8-24)32(40)38-34-19-23-5-15-29(16-6-23)42-20-31(39)35-26-13-17-28(41-2)18-14-26/h3-19,21H,20H2,1-2H3,(H,35,39)(H,36,37)(H,38,40)/b34-19+. The van der Waals surface area contributed by atoms with E-state index in [4.69, 9.17) is 9.47 Å². The smallest absolute Gasteiger partial charge is 0.271 e. The molecule has 216 valence electrons. The number of hydrogen-bond donors (Lipinski definition) is 3. The van der Waals surface area contributed by atoms with E-state index in [-0.39, 0.29) is 18.4 Å². The Balaban J connectivity index is 1.07. The Bertz CT molecular complexity index is 1700. The van der Waals surface area contributed by atoms with Gasteiger partial charge in [0.05, 0.1) is 19.0 Å². The van der Waals surface area contributed by atoms with Crippen LogP contribution in [0.2, 0.25) is 0 Å². The minimum Gasteiger partial charge on any atom is -0.497 e. The van der Waals surface area contributed by atoms with E-state index in [1.165, 1.54) is 23.1 Å². The highest BCUT2D eigenvalue weighted by Crippen LogP contribution is 2.27. The summed E-state index contributed by atoms with van der Waals surface area (Å²) >= 11 is 1.52. The molecule has 0 atom stereocenters. The van der Waals surface area contributed by atoms with Gasteiger partial charge in [0.25, 0.3) is 11.8 Å². The zero-order valence-corrected chi connectivity index (χ0v) is 24.4. The molecule has 5 aromatic rings. The van der Waals surface area contributed by atoms with Gasteiger partial charge in [0, 0.05) is 27.9 Å².